The van der Waals surface area contributed by atoms with E-state index in [9.17, 15) is 10.1 Å². The number of hydrogen-bond donors (Lipinski definition) is 1. The summed E-state index contributed by atoms with van der Waals surface area (Å²) in [5, 5.41) is 10.3. The van der Waals surface area contributed by atoms with Gasteiger partial charge in [0.2, 0.25) is 5.78 Å². The van der Waals surface area contributed by atoms with Gasteiger partial charge in [0.05, 0.1) is 7.11 Å². The third-order valence-electron chi connectivity index (χ3n) is 4.18. The molecule has 3 rings (SSSR count). The highest BCUT2D eigenvalue weighted by Gasteiger charge is 2.20. The number of aryl methyl sites for hydroxylation is 1. The van der Waals surface area contributed by atoms with Crippen LogP contribution in [0.3, 0.4) is 0 Å². The molecule has 0 bridgehead atoms. The molecule has 0 aliphatic rings. The summed E-state index contributed by atoms with van der Waals surface area (Å²) in [6, 6.07) is 11.3. The first-order valence-corrected chi connectivity index (χ1v) is 7.49. The van der Waals surface area contributed by atoms with Crippen LogP contribution >= 0.6 is 0 Å². The fraction of sp³-hybridized carbons (Fsp3) is 0.158. The molecule has 2 heterocycles. The number of nitriles is 1. The number of ether oxygens (including phenoxy) is 1. The van der Waals surface area contributed by atoms with Gasteiger partial charge in [-0.15, -0.1) is 0 Å². The first kappa shape index (κ1) is 15.6. The Kier molecular flexibility index (Phi) is 3.97. The third kappa shape index (κ3) is 2.48. The number of aromatic amines is 1. The van der Waals surface area contributed by atoms with Crippen LogP contribution in [0.5, 0.6) is 5.75 Å². The lowest BCUT2D eigenvalue weighted by molar-refractivity contribution is 0.104. The second-order valence-electron chi connectivity index (χ2n) is 5.56. The average molecular weight is 319 g/mol. The van der Waals surface area contributed by atoms with E-state index < -0.39 is 0 Å². The van der Waals surface area contributed by atoms with Crippen molar-refractivity contribution >= 4 is 22.3 Å². The van der Waals surface area contributed by atoms with E-state index in [4.69, 9.17) is 4.74 Å². The highest BCUT2D eigenvalue weighted by molar-refractivity contribution is 6.21. The number of methoxy groups -OCH3 is 1. The number of ketones is 1. The van der Waals surface area contributed by atoms with Crippen LogP contribution in [0.15, 0.2) is 48.3 Å². The van der Waals surface area contributed by atoms with Crippen LogP contribution in [0.1, 0.15) is 23.0 Å². The van der Waals surface area contributed by atoms with Gasteiger partial charge in [0.25, 0.3) is 0 Å². The van der Waals surface area contributed by atoms with Crippen molar-refractivity contribution in [3.8, 4) is 11.8 Å². The molecular weight excluding hydrogens is 302 g/mol. The first-order valence-electron chi connectivity index (χ1n) is 7.49. The lowest BCUT2D eigenvalue weighted by atomic mass is 9.98. The summed E-state index contributed by atoms with van der Waals surface area (Å²) in [5.41, 5.74) is 2.94. The smallest absolute Gasteiger partial charge is 0.206 e. The lowest BCUT2D eigenvalue weighted by Crippen LogP contribution is -2.05. The summed E-state index contributed by atoms with van der Waals surface area (Å²) >= 11 is 0. The fourth-order valence-electron chi connectivity index (χ4n) is 2.83. The summed E-state index contributed by atoms with van der Waals surface area (Å²) in [4.78, 5) is 16.0. The van der Waals surface area contributed by atoms with E-state index in [1.54, 1.807) is 26.3 Å². The van der Waals surface area contributed by atoms with Gasteiger partial charge in [-0.2, -0.15) is 5.26 Å². The maximum absolute atomic E-state index is 12.9. The monoisotopic (exact) mass is 319 g/mol. The van der Waals surface area contributed by atoms with Crippen LogP contribution in [0.25, 0.3) is 16.5 Å². The topological polar surface area (TPSA) is 70.8 Å². The average Bonchev–Trinajstić information content (AvgIpc) is 3.20. The Hall–Kier alpha value is -3.26. The molecule has 0 atom stereocenters. The van der Waals surface area contributed by atoms with E-state index >= 15 is 0 Å². The molecule has 0 saturated carbocycles. The second kappa shape index (κ2) is 6.09. The molecule has 0 saturated heterocycles. The number of carbonyl (C=O) groups is 1. The van der Waals surface area contributed by atoms with E-state index in [0.29, 0.717) is 16.9 Å². The zero-order chi connectivity index (χ0) is 17.3. The number of hydrogen-bond acceptors (Lipinski definition) is 3. The van der Waals surface area contributed by atoms with E-state index in [0.717, 1.165) is 16.6 Å². The molecule has 1 N–H and O–H groups in total. The normalized spacial score (nSPS) is 11.9. The van der Waals surface area contributed by atoms with Crippen LogP contribution in [0.2, 0.25) is 0 Å². The van der Waals surface area contributed by atoms with Crippen LogP contribution in [0, 0.1) is 11.3 Å². The third-order valence-corrected chi connectivity index (χ3v) is 4.18. The fourth-order valence-corrected chi connectivity index (χ4v) is 2.83. The molecule has 120 valence electrons. The Balaban J connectivity index is 2.14. The van der Waals surface area contributed by atoms with Gasteiger partial charge in [0.15, 0.2) is 0 Å². The van der Waals surface area contributed by atoms with Crippen molar-refractivity contribution in [2.75, 3.05) is 7.11 Å². The second-order valence-corrected chi connectivity index (χ2v) is 5.56. The maximum atomic E-state index is 12.9. The molecule has 0 fully saturated rings. The number of fused-ring (bicyclic) bond motifs is 1. The number of carbonyl (C=O) groups excluding carboxylic acids is 1. The molecule has 0 radical (unpaired) electrons. The molecule has 0 unspecified atom stereocenters. The molecule has 2 aromatic heterocycles. The molecule has 0 aliphatic carbocycles. The Morgan fingerprint density at radius 2 is 2.12 bits per heavy atom. The van der Waals surface area contributed by atoms with Gasteiger partial charge in [-0.3, -0.25) is 4.79 Å². The number of nitrogens with one attached hydrogen (secondary N) is 1. The number of benzene rings is 1. The highest BCUT2D eigenvalue weighted by Crippen LogP contribution is 2.27. The van der Waals surface area contributed by atoms with Crippen molar-refractivity contribution in [1.29, 1.82) is 5.26 Å². The van der Waals surface area contributed by atoms with E-state index in [1.165, 1.54) is 0 Å². The number of nitrogens with zero attached hydrogens (tertiary/aromatic N) is 2. The van der Waals surface area contributed by atoms with E-state index in [1.807, 2.05) is 42.1 Å². The molecule has 24 heavy (non-hydrogen) atoms. The van der Waals surface area contributed by atoms with Crippen LogP contribution in [0.4, 0.5) is 0 Å². The largest absolute Gasteiger partial charge is 0.497 e. The quantitative estimate of drug-likeness (QED) is 0.453. The van der Waals surface area contributed by atoms with Crippen LogP contribution in [-0.4, -0.2) is 22.4 Å². The van der Waals surface area contributed by atoms with Crippen molar-refractivity contribution < 1.29 is 9.53 Å². The van der Waals surface area contributed by atoms with Gasteiger partial charge in [-0.05, 0) is 42.8 Å². The van der Waals surface area contributed by atoms with Crippen molar-refractivity contribution in [2.24, 2.45) is 7.05 Å². The lowest BCUT2D eigenvalue weighted by Gasteiger charge is -2.07. The zero-order valence-corrected chi connectivity index (χ0v) is 13.8. The Morgan fingerprint density at radius 3 is 2.75 bits per heavy atom. The maximum Gasteiger partial charge on any atom is 0.206 e. The van der Waals surface area contributed by atoms with Gasteiger partial charge < -0.3 is 14.3 Å². The van der Waals surface area contributed by atoms with Crippen molar-refractivity contribution in [2.45, 2.75) is 6.92 Å². The van der Waals surface area contributed by atoms with Crippen molar-refractivity contribution in [3.05, 3.63) is 59.6 Å². The highest BCUT2D eigenvalue weighted by atomic mass is 16.5. The summed E-state index contributed by atoms with van der Waals surface area (Å²) in [6.45, 7) is 1.79. The Bertz CT molecular complexity index is 999. The van der Waals surface area contributed by atoms with Crippen LogP contribution in [-0.2, 0) is 7.05 Å². The molecule has 5 nitrogen and oxygen atoms in total. The summed E-state index contributed by atoms with van der Waals surface area (Å²) in [6.07, 6.45) is 3.52. The SMILES string of the molecule is COc1ccc2[nH]cc(C(=O)/C(C#N)=C(\C)c3cccn3C)c2c1. The number of aromatic nitrogens is 2. The first-order chi connectivity index (χ1) is 11.6. The van der Waals surface area contributed by atoms with Gasteiger partial charge in [-0.1, -0.05) is 0 Å². The molecule has 0 amide bonds. The van der Waals surface area contributed by atoms with Crippen LogP contribution < -0.4 is 4.74 Å². The molecule has 5 heteroatoms. The number of H-pyrrole nitrogens is 1. The van der Waals surface area contributed by atoms with Gasteiger partial charge in [0.1, 0.15) is 17.4 Å². The van der Waals surface area contributed by atoms with E-state index in [-0.39, 0.29) is 11.4 Å². The number of allylic oxidation sites excluding steroid dienone is 2. The standard InChI is InChI=1S/C19H17N3O2/c1-12(18-5-4-8-22(18)2)15(10-20)19(23)16-11-21-17-7-6-13(24-3)9-14(16)17/h4-9,11,21H,1-3H3/b15-12+. The number of rotatable bonds is 4. The van der Waals surface area contributed by atoms with Gasteiger partial charge >= 0.3 is 0 Å². The number of Topliss-reactive ketones (excluding diaryl/α,β-unsaturated/α-hetero) is 1. The Morgan fingerprint density at radius 1 is 1.33 bits per heavy atom. The molecular formula is C19H17N3O2. The van der Waals surface area contributed by atoms with Gasteiger partial charge in [-0.25, -0.2) is 0 Å². The molecule has 3 aromatic rings. The minimum absolute atomic E-state index is 0.139. The van der Waals surface area contributed by atoms with Crippen molar-refractivity contribution in [1.82, 2.24) is 9.55 Å². The van der Waals surface area contributed by atoms with Crippen molar-refractivity contribution in [3.63, 3.8) is 0 Å². The molecule has 0 aliphatic heterocycles. The predicted octanol–water partition coefficient (Wildman–Crippen LogP) is 3.69. The zero-order valence-electron chi connectivity index (χ0n) is 13.8. The minimum Gasteiger partial charge on any atom is -0.497 e. The Labute approximate surface area is 139 Å². The molecule has 1 aromatic carbocycles. The minimum atomic E-state index is -0.296. The summed E-state index contributed by atoms with van der Waals surface area (Å²) in [7, 11) is 3.46. The predicted molar refractivity (Wildman–Crippen MR) is 92.8 cm³/mol. The van der Waals surface area contributed by atoms with Gasteiger partial charge in [0, 0.05) is 41.6 Å². The molecule has 0 spiro atoms. The summed E-state index contributed by atoms with van der Waals surface area (Å²) in [5.74, 6) is 0.369. The summed E-state index contributed by atoms with van der Waals surface area (Å²) < 4.78 is 7.12. The van der Waals surface area contributed by atoms with E-state index in [2.05, 4.69) is 11.1 Å².